The summed E-state index contributed by atoms with van der Waals surface area (Å²) in [5, 5.41) is 6.73. The van der Waals surface area contributed by atoms with E-state index < -0.39 is 12.0 Å². The SMILES string of the molecule is CCOC(=O)NC(=O)c1ccsc1NC(=O)c1ccc(OC)cc1. The number of hydrogen-bond acceptors (Lipinski definition) is 6. The predicted octanol–water partition coefficient (Wildman–Crippen LogP) is 2.90. The molecule has 0 unspecified atom stereocenters. The Morgan fingerprint density at radius 1 is 1.08 bits per heavy atom. The summed E-state index contributed by atoms with van der Waals surface area (Å²) in [4.78, 5) is 35.6. The number of carbonyl (C=O) groups is 3. The summed E-state index contributed by atoms with van der Waals surface area (Å²) >= 11 is 1.18. The van der Waals surface area contributed by atoms with Crippen molar-refractivity contribution in [3.05, 3.63) is 46.8 Å². The van der Waals surface area contributed by atoms with E-state index in [-0.39, 0.29) is 18.1 Å². The minimum atomic E-state index is -0.832. The number of hydrogen-bond donors (Lipinski definition) is 2. The van der Waals surface area contributed by atoms with Gasteiger partial charge >= 0.3 is 6.09 Å². The second-order valence-corrected chi connectivity index (χ2v) is 5.44. The molecule has 2 N–H and O–H groups in total. The van der Waals surface area contributed by atoms with E-state index in [1.807, 2.05) is 0 Å². The number of benzene rings is 1. The molecule has 7 nitrogen and oxygen atoms in total. The van der Waals surface area contributed by atoms with E-state index >= 15 is 0 Å². The third-order valence-electron chi connectivity index (χ3n) is 2.98. The van der Waals surface area contributed by atoms with Gasteiger partial charge in [0.05, 0.1) is 19.3 Å². The molecule has 2 rings (SSSR count). The summed E-state index contributed by atoms with van der Waals surface area (Å²) < 4.78 is 9.69. The summed E-state index contributed by atoms with van der Waals surface area (Å²) in [6, 6.07) is 8.07. The van der Waals surface area contributed by atoms with Gasteiger partial charge in [-0.15, -0.1) is 11.3 Å². The molecule has 0 saturated carbocycles. The first-order valence-corrected chi connectivity index (χ1v) is 7.94. The maximum absolute atomic E-state index is 12.2. The number of rotatable bonds is 5. The fourth-order valence-corrected chi connectivity index (χ4v) is 2.61. The van der Waals surface area contributed by atoms with Crippen LogP contribution in [-0.2, 0) is 4.74 Å². The van der Waals surface area contributed by atoms with Gasteiger partial charge in [-0.1, -0.05) is 0 Å². The number of alkyl carbamates (subject to hydrolysis) is 1. The lowest BCUT2D eigenvalue weighted by Crippen LogP contribution is -2.31. The van der Waals surface area contributed by atoms with E-state index in [0.29, 0.717) is 16.3 Å². The number of amides is 3. The normalized spacial score (nSPS) is 9.92. The highest BCUT2D eigenvalue weighted by atomic mass is 32.1. The molecule has 0 atom stereocenters. The van der Waals surface area contributed by atoms with E-state index in [1.54, 1.807) is 36.6 Å². The molecular formula is C16H16N2O5S. The Kier molecular flexibility index (Phi) is 5.91. The van der Waals surface area contributed by atoms with Gasteiger partial charge in [0.2, 0.25) is 0 Å². The predicted molar refractivity (Wildman–Crippen MR) is 89.8 cm³/mol. The lowest BCUT2D eigenvalue weighted by molar-refractivity contribution is 0.0926. The number of thiophene rings is 1. The zero-order valence-electron chi connectivity index (χ0n) is 13.1. The molecule has 0 spiro atoms. The van der Waals surface area contributed by atoms with Crippen LogP contribution in [0.15, 0.2) is 35.7 Å². The summed E-state index contributed by atoms with van der Waals surface area (Å²) in [6.45, 7) is 1.79. The first-order chi connectivity index (χ1) is 11.5. The highest BCUT2D eigenvalue weighted by molar-refractivity contribution is 7.14. The topological polar surface area (TPSA) is 93.7 Å². The van der Waals surface area contributed by atoms with Gasteiger partial charge in [0.1, 0.15) is 10.8 Å². The molecule has 0 aliphatic heterocycles. The summed E-state index contributed by atoms with van der Waals surface area (Å²) in [7, 11) is 1.54. The van der Waals surface area contributed by atoms with E-state index in [1.165, 1.54) is 24.5 Å². The van der Waals surface area contributed by atoms with Crippen LogP contribution in [0, 0.1) is 0 Å². The number of nitrogens with one attached hydrogen (secondary N) is 2. The molecule has 1 heterocycles. The molecule has 1 aromatic heterocycles. The van der Waals surface area contributed by atoms with Crippen molar-refractivity contribution in [2.75, 3.05) is 19.0 Å². The quantitative estimate of drug-likeness (QED) is 0.866. The largest absolute Gasteiger partial charge is 0.497 e. The van der Waals surface area contributed by atoms with Crippen LogP contribution in [0.3, 0.4) is 0 Å². The average Bonchev–Trinajstić information content (AvgIpc) is 3.03. The van der Waals surface area contributed by atoms with Gasteiger partial charge in [-0.3, -0.25) is 14.9 Å². The highest BCUT2D eigenvalue weighted by Gasteiger charge is 2.18. The number of anilines is 1. The Morgan fingerprint density at radius 2 is 1.79 bits per heavy atom. The standard InChI is InChI=1S/C16H16N2O5S/c1-3-23-16(21)18-14(20)12-8-9-24-15(12)17-13(19)10-4-6-11(22-2)7-5-10/h4-9H,3H2,1-2H3,(H,17,19)(H,18,20,21). The van der Waals surface area contributed by atoms with Crippen molar-refractivity contribution in [1.29, 1.82) is 0 Å². The molecule has 0 radical (unpaired) electrons. The zero-order chi connectivity index (χ0) is 17.5. The van der Waals surface area contributed by atoms with Gasteiger partial charge in [0, 0.05) is 5.56 Å². The molecule has 24 heavy (non-hydrogen) atoms. The second kappa shape index (κ2) is 8.11. The van der Waals surface area contributed by atoms with Crippen molar-refractivity contribution in [2.45, 2.75) is 6.92 Å². The van der Waals surface area contributed by atoms with Crippen LogP contribution in [0.5, 0.6) is 5.75 Å². The van der Waals surface area contributed by atoms with Gasteiger partial charge in [0.15, 0.2) is 0 Å². The van der Waals surface area contributed by atoms with Crippen molar-refractivity contribution >= 4 is 34.2 Å². The molecule has 0 aliphatic carbocycles. The van der Waals surface area contributed by atoms with Gasteiger partial charge in [-0.05, 0) is 42.6 Å². The monoisotopic (exact) mass is 348 g/mol. The van der Waals surface area contributed by atoms with Crippen molar-refractivity contribution in [3.63, 3.8) is 0 Å². The van der Waals surface area contributed by atoms with Gasteiger partial charge in [-0.2, -0.15) is 0 Å². The molecular weight excluding hydrogens is 332 g/mol. The number of imide groups is 1. The van der Waals surface area contributed by atoms with Crippen molar-refractivity contribution in [2.24, 2.45) is 0 Å². The van der Waals surface area contributed by atoms with Crippen molar-refractivity contribution in [1.82, 2.24) is 5.32 Å². The summed E-state index contributed by atoms with van der Waals surface area (Å²) in [5.74, 6) is -0.373. The van der Waals surface area contributed by atoms with Crippen molar-refractivity contribution < 1.29 is 23.9 Å². The van der Waals surface area contributed by atoms with E-state index in [9.17, 15) is 14.4 Å². The Labute approximate surface area is 142 Å². The van der Waals surface area contributed by atoms with Gasteiger partial charge in [-0.25, -0.2) is 4.79 Å². The minimum Gasteiger partial charge on any atom is -0.497 e. The van der Waals surface area contributed by atoms with Crippen LogP contribution in [-0.4, -0.2) is 31.6 Å². The maximum atomic E-state index is 12.2. The molecule has 0 saturated heterocycles. The highest BCUT2D eigenvalue weighted by Crippen LogP contribution is 2.24. The number of methoxy groups -OCH3 is 1. The molecule has 2 aromatic rings. The number of carbonyl (C=O) groups excluding carboxylic acids is 3. The summed E-state index contributed by atoms with van der Waals surface area (Å²) in [5.41, 5.74) is 0.607. The van der Waals surface area contributed by atoms with Crippen LogP contribution >= 0.6 is 11.3 Å². The van der Waals surface area contributed by atoms with Crippen LogP contribution in [0.25, 0.3) is 0 Å². The molecule has 0 fully saturated rings. The Morgan fingerprint density at radius 3 is 2.42 bits per heavy atom. The Balaban J connectivity index is 2.07. The third kappa shape index (κ3) is 4.32. The fraction of sp³-hybridized carbons (Fsp3) is 0.188. The molecule has 1 aromatic carbocycles. The molecule has 126 valence electrons. The maximum Gasteiger partial charge on any atom is 0.414 e. The molecule has 0 bridgehead atoms. The Bertz CT molecular complexity index is 739. The lowest BCUT2D eigenvalue weighted by atomic mass is 10.2. The Hall–Kier alpha value is -2.87. The third-order valence-corrected chi connectivity index (χ3v) is 3.81. The van der Waals surface area contributed by atoms with Gasteiger partial charge in [0.25, 0.3) is 11.8 Å². The van der Waals surface area contributed by atoms with Gasteiger partial charge < -0.3 is 14.8 Å². The smallest absolute Gasteiger partial charge is 0.414 e. The lowest BCUT2D eigenvalue weighted by Gasteiger charge is -2.07. The van der Waals surface area contributed by atoms with Crippen LogP contribution in [0.4, 0.5) is 9.80 Å². The van der Waals surface area contributed by atoms with E-state index in [4.69, 9.17) is 4.74 Å². The first-order valence-electron chi connectivity index (χ1n) is 7.06. The van der Waals surface area contributed by atoms with Crippen LogP contribution in [0.2, 0.25) is 0 Å². The van der Waals surface area contributed by atoms with Crippen LogP contribution < -0.4 is 15.4 Å². The molecule has 0 aliphatic rings. The number of ether oxygens (including phenoxy) is 2. The zero-order valence-corrected chi connectivity index (χ0v) is 13.9. The van der Waals surface area contributed by atoms with E-state index in [0.717, 1.165) is 0 Å². The fourth-order valence-electron chi connectivity index (χ4n) is 1.83. The average molecular weight is 348 g/mol. The minimum absolute atomic E-state index is 0.157. The summed E-state index contributed by atoms with van der Waals surface area (Å²) in [6.07, 6.45) is -0.832. The molecule has 3 amide bonds. The first kappa shape index (κ1) is 17.5. The second-order valence-electron chi connectivity index (χ2n) is 4.52. The van der Waals surface area contributed by atoms with Crippen molar-refractivity contribution in [3.8, 4) is 5.75 Å². The molecule has 8 heteroatoms. The van der Waals surface area contributed by atoms with Crippen LogP contribution in [0.1, 0.15) is 27.6 Å². The van der Waals surface area contributed by atoms with E-state index in [2.05, 4.69) is 15.4 Å².